The van der Waals surface area contributed by atoms with Gasteiger partial charge < -0.3 is 9.09 Å². The Balaban J connectivity index is 1.53. The molecule has 26 heavy (non-hydrogen) atoms. The predicted octanol–water partition coefficient (Wildman–Crippen LogP) is 4.74. The molecule has 130 valence electrons. The van der Waals surface area contributed by atoms with E-state index in [2.05, 4.69) is 58.7 Å². The number of aryl methyl sites for hydroxylation is 2. The first-order valence-electron chi connectivity index (χ1n) is 8.29. The maximum atomic E-state index is 5.58. The summed E-state index contributed by atoms with van der Waals surface area (Å²) < 4.78 is 7.49. The summed E-state index contributed by atoms with van der Waals surface area (Å²) in [5.41, 5.74) is 5.35. The van der Waals surface area contributed by atoms with Crippen molar-refractivity contribution in [2.45, 2.75) is 17.8 Å². The second-order valence-corrected chi connectivity index (χ2v) is 7.10. The van der Waals surface area contributed by atoms with Crippen molar-refractivity contribution in [3.05, 3.63) is 72.1 Å². The fraction of sp³-hybridized carbons (Fsp3) is 0.150. The van der Waals surface area contributed by atoms with Crippen molar-refractivity contribution >= 4 is 11.8 Å². The molecular formula is C20H18N4OS. The van der Waals surface area contributed by atoms with E-state index < -0.39 is 0 Å². The second kappa shape index (κ2) is 7.17. The number of thioether (sulfide) groups is 1. The molecule has 2 aromatic carbocycles. The predicted molar refractivity (Wildman–Crippen MR) is 103 cm³/mol. The van der Waals surface area contributed by atoms with Gasteiger partial charge in [-0.05, 0) is 18.6 Å². The summed E-state index contributed by atoms with van der Waals surface area (Å²) in [6, 6.07) is 18.6. The summed E-state index contributed by atoms with van der Waals surface area (Å²) in [6.45, 7) is 2.07. The van der Waals surface area contributed by atoms with Gasteiger partial charge in [0.2, 0.25) is 0 Å². The van der Waals surface area contributed by atoms with Gasteiger partial charge in [0.25, 0.3) is 0 Å². The van der Waals surface area contributed by atoms with Crippen molar-refractivity contribution in [2.75, 3.05) is 0 Å². The van der Waals surface area contributed by atoms with Crippen LogP contribution in [0.15, 0.2) is 70.6 Å². The van der Waals surface area contributed by atoms with Crippen molar-refractivity contribution in [3.63, 3.8) is 0 Å². The lowest BCUT2D eigenvalue weighted by molar-refractivity contribution is 0.435. The Hall–Kier alpha value is -2.86. The molecule has 0 bridgehead atoms. The summed E-state index contributed by atoms with van der Waals surface area (Å²) in [5, 5.41) is 13.1. The van der Waals surface area contributed by atoms with Crippen LogP contribution >= 0.6 is 11.8 Å². The van der Waals surface area contributed by atoms with Gasteiger partial charge in [0, 0.05) is 30.0 Å². The summed E-state index contributed by atoms with van der Waals surface area (Å²) in [7, 11) is 1.94. The number of nitrogens with zero attached hydrogens (tertiary/aromatic N) is 4. The minimum absolute atomic E-state index is 0.770. The highest BCUT2D eigenvalue weighted by Crippen LogP contribution is 2.28. The van der Waals surface area contributed by atoms with Gasteiger partial charge in [-0.15, -0.1) is 10.2 Å². The smallest absolute Gasteiger partial charge is 0.191 e. The molecule has 0 spiro atoms. The van der Waals surface area contributed by atoms with Crippen LogP contribution in [0, 0.1) is 6.92 Å². The molecule has 0 radical (unpaired) electrons. The van der Waals surface area contributed by atoms with E-state index in [0.717, 1.165) is 33.5 Å². The molecule has 0 saturated heterocycles. The van der Waals surface area contributed by atoms with Gasteiger partial charge >= 0.3 is 0 Å². The maximum absolute atomic E-state index is 5.58. The highest BCUT2D eigenvalue weighted by Gasteiger charge is 2.10. The van der Waals surface area contributed by atoms with Crippen LogP contribution in [0.5, 0.6) is 0 Å². The average molecular weight is 362 g/mol. The lowest BCUT2D eigenvalue weighted by Gasteiger charge is -2.03. The first-order chi connectivity index (χ1) is 12.7. The molecule has 0 atom stereocenters. The normalized spacial score (nSPS) is 11.0. The van der Waals surface area contributed by atoms with Crippen LogP contribution in [0.1, 0.15) is 11.1 Å². The van der Waals surface area contributed by atoms with Crippen LogP contribution < -0.4 is 0 Å². The third-order valence-electron chi connectivity index (χ3n) is 4.11. The lowest BCUT2D eigenvalue weighted by Crippen LogP contribution is -1.90. The molecule has 6 heteroatoms. The molecule has 4 rings (SSSR count). The molecule has 2 aromatic heterocycles. The monoisotopic (exact) mass is 362 g/mol. The average Bonchev–Trinajstić information content (AvgIpc) is 3.30. The third-order valence-corrected chi connectivity index (χ3v) is 5.21. The molecular weight excluding hydrogens is 344 g/mol. The summed E-state index contributed by atoms with van der Waals surface area (Å²) >= 11 is 1.66. The minimum atomic E-state index is 0.770. The minimum Gasteiger partial charge on any atom is -0.356 e. The van der Waals surface area contributed by atoms with E-state index in [1.54, 1.807) is 18.1 Å². The van der Waals surface area contributed by atoms with Gasteiger partial charge in [-0.3, -0.25) is 0 Å². The Bertz CT molecular complexity index is 1020. The number of hydrogen-bond acceptors (Lipinski definition) is 5. The van der Waals surface area contributed by atoms with Gasteiger partial charge in [-0.25, -0.2) is 0 Å². The van der Waals surface area contributed by atoms with E-state index in [0.29, 0.717) is 0 Å². The van der Waals surface area contributed by atoms with Gasteiger partial charge in [0.15, 0.2) is 10.9 Å². The van der Waals surface area contributed by atoms with Crippen molar-refractivity contribution in [1.82, 2.24) is 19.9 Å². The van der Waals surface area contributed by atoms with Crippen LogP contribution in [-0.2, 0) is 12.8 Å². The molecule has 0 saturated carbocycles. The van der Waals surface area contributed by atoms with Crippen molar-refractivity contribution in [3.8, 4) is 22.6 Å². The van der Waals surface area contributed by atoms with Crippen LogP contribution in [-0.4, -0.2) is 19.9 Å². The number of rotatable bonds is 5. The summed E-state index contributed by atoms with van der Waals surface area (Å²) in [5.74, 6) is 1.59. The van der Waals surface area contributed by atoms with Gasteiger partial charge in [0.1, 0.15) is 12.0 Å². The van der Waals surface area contributed by atoms with Gasteiger partial charge in [-0.2, -0.15) is 0 Å². The molecule has 0 N–H and O–H groups in total. The number of benzene rings is 2. The molecule has 0 aliphatic heterocycles. The van der Waals surface area contributed by atoms with E-state index in [1.165, 1.54) is 11.1 Å². The maximum Gasteiger partial charge on any atom is 0.191 e. The Kier molecular flexibility index (Phi) is 4.58. The molecule has 0 aliphatic carbocycles. The van der Waals surface area contributed by atoms with E-state index >= 15 is 0 Å². The Labute approximate surface area is 156 Å². The van der Waals surface area contributed by atoms with Crippen molar-refractivity contribution < 1.29 is 4.52 Å². The van der Waals surface area contributed by atoms with Crippen molar-refractivity contribution in [1.29, 1.82) is 0 Å². The SMILES string of the molecule is Cc1ccc(-c2cc(-c3cccc(CSc4nncn4C)c3)on2)cc1. The topological polar surface area (TPSA) is 56.7 Å². The fourth-order valence-corrected chi connectivity index (χ4v) is 3.47. The van der Waals surface area contributed by atoms with Gasteiger partial charge in [0.05, 0.1) is 0 Å². The molecule has 0 amide bonds. The highest BCUT2D eigenvalue weighted by molar-refractivity contribution is 7.98. The van der Waals surface area contributed by atoms with Gasteiger partial charge in [-0.1, -0.05) is 64.9 Å². The highest BCUT2D eigenvalue weighted by atomic mass is 32.2. The summed E-state index contributed by atoms with van der Waals surface area (Å²) in [4.78, 5) is 0. The molecule has 0 unspecified atom stereocenters. The van der Waals surface area contributed by atoms with E-state index in [4.69, 9.17) is 4.52 Å². The Morgan fingerprint density at radius 3 is 2.65 bits per heavy atom. The zero-order chi connectivity index (χ0) is 17.9. The third kappa shape index (κ3) is 3.55. The quantitative estimate of drug-likeness (QED) is 0.480. The van der Waals surface area contributed by atoms with Crippen LogP contribution in [0.25, 0.3) is 22.6 Å². The van der Waals surface area contributed by atoms with E-state index in [9.17, 15) is 0 Å². The lowest BCUT2D eigenvalue weighted by atomic mass is 10.1. The Morgan fingerprint density at radius 2 is 1.88 bits per heavy atom. The molecule has 0 fully saturated rings. The van der Waals surface area contributed by atoms with Crippen LogP contribution in [0.3, 0.4) is 0 Å². The fourth-order valence-electron chi connectivity index (χ4n) is 2.64. The largest absolute Gasteiger partial charge is 0.356 e. The number of aromatic nitrogens is 4. The molecule has 2 heterocycles. The van der Waals surface area contributed by atoms with Crippen LogP contribution in [0.4, 0.5) is 0 Å². The second-order valence-electron chi connectivity index (χ2n) is 6.16. The van der Waals surface area contributed by atoms with E-state index in [1.807, 2.05) is 29.8 Å². The zero-order valence-electron chi connectivity index (χ0n) is 14.6. The standard InChI is InChI=1S/C20H18N4OS/c1-14-6-8-16(9-7-14)18-11-19(25-23-18)17-5-3-4-15(10-17)12-26-20-22-21-13-24(20)2/h3-11,13H,12H2,1-2H3. The molecule has 0 aliphatic rings. The van der Waals surface area contributed by atoms with Crippen LogP contribution in [0.2, 0.25) is 0 Å². The first-order valence-corrected chi connectivity index (χ1v) is 9.27. The number of hydrogen-bond donors (Lipinski definition) is 0. The van der Waals surface area contributed by atoms with E-state index in [-0.39, 0.29) is 0 Å². The van der Waals surface area contributed by atoms with Crippen molar-refractivity contribution in [2.24, 2.45) is 7.05 Å². The molecule has 5 nitrogen and oxygen atoms in total. The first kappa shape index (κ1) is 16.6. The Morgan fingerprint density at radius 1 is 1.04 bits per heavy atom. The molecule has 4 aromatic rings. The summed E-state index contributed by atoms with van der Waals surface area (Å²) in [6.07, 6.45) is 1.71. The zero-order valence-corrected chi connectivity index (χ0v) is 15.4.